The van der Waals surface area contributed by atoms with Gasteiger partial charge in [0.2, 0.25) is 0 Å². The average molecular weight is 254 g/mol. The van der Waals surface area contributed by atoms with E-state index in [1.165, 1.54) is 11.3 Å². The fourth-order valence-corrected chi connectivity index (χ4v) is 2.19. The number of para-hydroxylation sites is 1. The van der Waals surface area contributed by atoms with Crippen LogP contribution in [0, 0.1) is 0 Å². The molecule has 2 aromatic carbocycles. The third-order valence-electron chi connectivity index (χ3n) is 3.22. The van der Waals surface area contributed by atoms with Crippen molar-refractivity contribution in [3.05, 3.63) is 66.2 Å². The van der Waals surface area contributed by atoms with Crippen molar-refractivity contribution in [2.24, 2.45) is 5.73 Å². The summed E-state index contributed by atoms with van der Waals surface area (Å²) in [5, 5.41) is 0. The van der Waals surface area contributed by atoms with Crippen LogP contribution in [-0.4, -0.2) is 13.1 Å². The maximum absolute atomic E-state index is 5.59. The van der Waals surface area contributed by atoms with Gasteiger partial charge in [-0.05, 0) is 37.1 Å². The predicted molar refractivity (Wildman–Crippen MR) is 82.2 cm³/mol. The fraction of sp³-hybridized carbons (Fsp3) is 0.294. The molecule has 0 unspecified atom stereocenters. The number of unbranched alkanes of at least 4 members (excludes halogenated alkanes) is 1. The zero-order valence-electron chi connectivity index (χ0n) is 11.3. The molecule has 2 nitrogen and oxygen atoms in total. The summed E-state index contributed by atoms with van der Waals surface area (Å²) >= 11 is 0. The van der Waals surface area contributed by atoms with E-state index < -0.39 is 0 Å². The van der Waals surface area contributed by atoms with Crippen molar-refractivity contribution in [1.82, 2.24) is 0 Å². The van der Waals surface area contributed by atoms with Crippen molar-refractivity contribution in [3.8, 4) is 0 Å². The summed E-state index contributed by atoms with van der Waals surface area (Å²) in [5.41, 5.74) is 8.21. The van der Waals surface area contributed by atoms with Gasteiger partial charge in [0.05, 0.1) is 0 Å². The van der Waals surface area contributed by atoms with Crippen molar-refractivity contribution in [2.75, 3.05) is 18.0 Å². The molecule has 2 heteroatoms. The number of hydrogen-bond donors (Lipinski definition) is 1. The highest BCUT2D eigenvalue weighted by Crippen LogP contribution is 2.17. The summed E-state index contributed by atoms with van der Waals surface area (Å²) in [5.74, 6) is 0. The highest BCUT2D eigenvalue weighted by atomic mass is 15.1. The lowest BCUT2D eigenvalue weighted by molar-refractivity contribution is 0.691. The molecule has 0 saturated carbocycles. The maximum Gasteiger partial charge on any atom is 0.0429 e. The Bertz CT molecular complexity index is 453. The van der Waals surface area contributed by atoms with Gasteiger partial charge in [-0.2, -0.15) is 0 Å². The summed E-state index contributed by atoms with van der Waals surface area (Å²) in [6.45, 7) is 2.78. The maximum atomic E-state index is 5.59. The minimum absolute atomic E-state index is 0.772. The first kappa shape index (κ1) is 13.6. The van der Waals surface area contributed by atoms with Crippen LogP contribution < -0.4 is 10.6 Å². The largest absolute Gasteiger partial charge is 0.367 e. The number of nitrogens with two attached hydrogens (primary N) is 1. The van der Waals surface area contributed by atoms with Gasteiger partial charge in [0.15, 0.2) is 0 Å². The Morgan fingerprint density at radius 2 is 1.42 bits per heavy atom. The molecular weight excluding hydrogens is 232 g/mol. The van der Waals surface area contributed by atoms with Gasteiger partial charge < -0.3 is 10.6 Å². The lowest BCUT2D eigenvalue weighted by Gasteiger charge is -2.25. The van der Waals surface area contributed by atoms with E-state index in [9.17, 15) is 0 Å². The first-order valence-electron chi connectivity index (χ1n) is 6.94. The molecule has 0 spiro atoms. The third-order valence-corrected chi connectivity index (χ3v) is 3.22. The van der Waals surface area contributed by atoms with Crippen LogP contribution in [0.25, 0.3) is 0 Å². The Labute approximate surface area is 115 Å². The Hall–Kier alpha value is -1.80. The third kappa shape index (κ3) is 4.42. The summed E-state index contributed by atoms with van der Waals surface area (Å²) < 4.78 is 0. The SMILES string of the molecule is NCCCCN(Cc1ccccc1)c1ccccc1. The second-order valence-electron chi connectivity index (χ2n) is 4.74. The van der Waals surface area contributed by atoms with Crippen molar-refractivity contribution in [1.29, 1.82) is 0 Å². The van der Waals surface area contributed by atoms with Gasteiger partial charge in [-0.3, -0.25) is 0 Å². The van der Waals surface area contributed by atoms with E-state index in [1.54, 1.807) is 0 Å². The standard InChI is InChI=1S/C17H22N2/c18-13-7-8-14-19(17-11-5-2-6-12-17)15-16-9-3-1-4-10-16/h1-6,9-12H,7-8,13-15,18H2. The normalized spacial score (nSPS) is 10.4. The Balaban J connectivity index is 2.06. The molecule has 0 aliphatic rings. The molecule has 2 rings (SSSR count). The van der Waals surface area contributed by atoms with Crippen LogP contribution in [0.4, 0.5) is 5.69 Å². The molecule has 0 atom stereocenters. The van der Waals surface area contributed by atoms with E-state index in [0.29, 0.717) is 0 Å². The number of anilines is 1. The molecule has 0 amide bonds. The molecule has 2 N–H and O–H groups in total. The van der Waals surface area contributed by atoms with Crippen LogP contribution in [-0.2, 0) is 6.54 Å². The van der Waals surface area contributed by atoms with Gasteiger partial charge in [0.1, 0.15) is 0 Å². The van der Waals surface area contributed by atoms with Crippen molar-refractivity contribution >= 4 is 5.69 Å². The van der Waals surface area contributed by atoms with Crippen LogP contribution in [0.15, 0.2) is 60.7 Å². The second kappa shape index (κ2) is 7.59. The van der Waals surface area contributed by atoms with Crippen LogP contribution in [0.1, 0.15) is 18.4 Å². The van der Waals surface area contributed by atoms with E-state index in [1.807, 2.05) is 0 Å². The molecule has 0 radical (unpaired) electrons. The average Bonchev–Trinajstić information content (AvgIpc) is 2.48. The summed E-state index contributed by atoms with van der Waals surface area (Å²) in [7, 11) is 0. The first-order valence-corrected chi connectivity index (χ1v) is 6.94. The van der Waals surface area contributed by atoms with Gasteiger partial charge >= 0.3 is 0 Å². The lowest BCUT2D eigenvalue weighted by atomic mass is 10.1. The Morgan fingerprint density at radius 1 is 0.789 bits per heavy atom. The molecule has 0 fully saturated rings. The van der Waals surface area contributed by atoms with E-state index in [4.69, 9.17) is 5.73 Å². The monoisotopic (exact) mass is 254 g/mol. The minimum Gasteiger partial charge on any atom is -0.367 e. The number of nitrogens with zero attached hydrogens (tertiary/aromatic N) is 1. The topological polar surface area (TPSA) is 29.3 Å². The smallest absolute Gasteiger partial charge is 0.0429 e. The second-order valence-corrected chi connectivity index (χ2v) is 4.74. The fourth-order valence-electron chi connectivity index (χ4n) is 2.19. The van der Waals surface area contributed by atoms with Gasteiger partial charge in [0, 0.05) is 18.8 Å². The van der Waals surface area contributed by atoms with Gasteiger partial charge in [-0.15, -0.1) is 0 Å². The van der Waals surface area contributed by atoms with E-state index in [2.05, 4.69) is 65.6 Å². The van der Waals surface area contributed by atoms with Crippen molar-refractivity contribution < 1.29 is 0 Å². The highest BCUT2D eigenvalue weighted by Gasteiger charge is 2.06. The summed E-state index contributed by atoms with van der Waals surface area (Å²) in [4.78, 5) is 2.42. The van der Waals surface area contributed by atoms with Crippen molar-refractivity contribution in [2.45, 2.75) is 19.4 Å². The van der Waals surface area contributed by atoms with Crippen LogP contribution in [0.3, 0.4) is 0 Å². The Morgan fingerprint density at radius 3 is 2.05 bits per heavy atom. The predicted octanol–water partition coefficient (Wildman–Crippen LogP) is 3.43. The molecule has 19 heavy (non-hydrogen) atoms. The summed E-state index contributed by atoms with van der Waals surface area (Å²) in [6, 6.07) is 21.2. The van der Waals surface area contributed by atoms with Crippen LogP contribution in [0.2, 0.25) is 0 Å². The number of benzene rings is 2. The van der Waals surface area contributed by atoms with Crippen molar-refractivity contribution in [3.63, 3.8) is 0 Å². The van der Waals surface area contributed by atoms with E-state index in [0.717, 1.165) is 32.5 Å². The lowest BCUT2D eigenvalue weighted by Crippen LogP contribution is -2.24. The number of rotatable bonds is 7. The van der Waals surface area contributed by atoms with Crippen LogP contribution >= 0.6 is 0 Å². The zero-order valence-corrected chi connectivity index (χ0v) is 11.3. The van der Waals surface area contributed by atoms with Gasteiger partial charge in [-0.1, -0.05) is 48.5 Å². The van der Waals surface area contributed by atoms with E-state index in [-0.39, 0.29) is 0 Å². The quantitative estimate of drug-likeness (QED) is 0.767. The molecule has 0 heterocycles. The Kier molecular flexibility index (Phi) is 5.45. The summed E-state index contributed by atoms with van der Waals surface area (Å²) in [6.07, 6.45) is 2.22. The zero-order chi connectivity index (χ0) is 13.3. The van der Waals surface area contributed by atoms with Gasteiger partial charge in [-0.25, -0.2) is 0 Å². The van der Waals surface area contributed by atoms with Crippen LogP contribution in [0.5, 0.6) is 0 Å². The molecule has 2 aromatic rings. The first-order chi connectivity index (χ1) is 9.40. The molecule has 0 aliphatic heterocycles. The highest BCUT2D eigenvalue weighted by molar-refractivity contribution is 5.46. The molecule has 100 valence electrons. The minimum atomic E-state index is 0.772. The molecule has 0 aliphatic carbocycles. The molecule has 0 aromatic heterocycles. The molecule has 0 bridgehead atoms. The van der Waals surface area contributed by atoms with E-state index >= 15 is 0 Å². The number of hydrogen-bond acceptors (Lipinski definition) is 2. The van der Waals surface area contributed by atoms with Gasteiger partial charge in [0.25, 0.3) is 0 Å². The molecular formula is C17H22N2. The molecule has 0 saturated heterocycles.